The second-order valence-electron chi connectivity index (χ2n) is 6.09. The van der Waals surface area contributed by atoms with Crippen molar-refractivity contribution in [2.75, 3.05) is 18.4 Å². The van der Waals surface area contributed by atoms with Crippen molar-refractivity contribution in [2.24, 2.45) is 0 Å². The van der Waals surface area contributed by atoms with Crippen molar-refractivity contribution >= 4 is 11.6 Å². The van der Waals surface area contributed by atoms with E-state index in [1.54, 1.807) is 18.4 Å². The third-order valence-corrected chi connectivity index (χ3v) is 4.34. The summed E-state index contributed by atoms with van der Waals surface area (Å²) >= 11 is 0. The lowest BCUT2D eigenvalue weighted by Gasteiger charge is -2.25. The molecule has 1 fully saturated rings. The van der Waals surface area contributed by atoms with Gasteiger partial charge in [0.25, 0.3) is 0 Å². The van der Waals surface area contributed by atoms with E-state index in [4.69, 9.17) is 4.42 Å². The summed E-state index contributed by atoms with van der Waals surface area (Å²) < 4.78 is 18.1. The first kappa shape index (κ1) is 16.7. The Bertz CT molecular complexity index is 657. The number of nitrogens with zero attached hydrogens (tertiary/aromatic N) is 1. The predicted octanol–water partition coefficient (Wildman–Crippen LogP) is 2.95. The van der Waals surface area contributed by atoms with Gasteiger partial charge in [-0.1, -0.05) is 0 Å². The van der Waals surface area contributed by atoms with E-state index in [0.717, 1.165) is 19.4 Å². The zero-order valence-corrected chi connectivity index (χ0v) is 13.3. The molecule has 2 N–H and O–H groups in total. The van der Waals surface area contributed by atoms with Gasteiger partial charge in [0.1, 0.15) is 17.7 Å². The number of carbonyl (C=O) groups excluding carboxylic acids is 1. The van der Waals surface area contributed by atoms with Gasteiger partial charge in [0.15, 0.2) is 0 Å². The largest absolute Gasteiger partial charge is 0.467 e. The van der Waals surface area contributed by atoms with E-state index in [1.807, 2.05) is 0 Å². The minimum Gasteiger partial charge on any atom is -0.467 e. The lowest BCUT2D eigenvalue weighted by molar-refractivity contribution is -0.117. The van der Waals surface area contributed by atoms with Crippen LogP contribution in [-0.2, 0) is 4.79 Å². The third kappa shape index (κ3) is 4.21. The molecule has 2 unspecified atom stereocenters. The van der Waals surface area contributed by atoms with Crippen LogP contribution in [-0.4, -0.2) is 35.0 Å². The molecule has 1 amide bonds. The summed E-state index contributed by atoms with van der Waals surface area (Å²) in [5, 5.41) is 13.0. The van der Waals surface area contributed by atoms with E-state index >= 15 is 0 Å². The minimum absolute atomic E-state index is 0.138. The van der Waals surface area contributed by atoms with Gasteiger partial charge < -0.3 is 14.8 Å². The minimum atomic E-state index is -0.661. The smallest absolute Gasteiger partial charge is 0.238 e. The maximum absolute atomic E-state index is 12.9. The van der Waals surface area contributed by atoms with Gasteiger partial charge in [0.2, 0.25) is 5.91 Å². The number of hydrogen-bond donors (Lipinski definition) is 2. The standard InChI is InChI=1S/C18H21FN2O3/c19-13-5-7-14(8-6-13)20-18(23)12-21-9-1-3-15(21)11-16(22)17-4-2-10-24-17/h2,4-8,10,15-16,22H,1,3,9,11-12H2,(H,20,23). The molecule has 2 aromatic rings. The van der Waals surface area contributed by atoms with E-state index in [0.29, 0.717) is 17.9 Å². The molecule has 2 heterocycles. The molecule has 1 aliphatic heterocycles. The molecule has 1 aromatic carbocycles. The third-order valence-electron chi connectivity index (χ3n) is 4.34. The SMILES string of the molecule is O=C(CN1CCCC1CC(O)c1ccco1)Nc1ccc(F)cc1. The number of likely N-dealkylation sites (tertiary alicyclic amines) is 1. The Balaban J connectivity index is 1.53. The molecular formula is C18H21FN2O3. The number of carbonyl (C=O) groups is 1. The van der Waals surface area contributed by atoms with Gasteiger partial charge in [-0.15, -0.1) is 0 Å². The van der Waals surface area contributed by atoms with Crippen LogP contribution in [0.5, 0.6) is 0 Å². The molecule has 1 aliphatic rings. The maximum atomic E-state index is 12.9. The van der Waals surface area contributed by atoms with Gasteiger partial charge in [0.05, 0.1) is 12.8 Å². The highest BCUT2D eigenvalue weighted by Crippen LogP contribution is 2.27. The van der Waals surface area contributed by atoms with Crippen molar-refractivity contribution in [1.82, 2.24) is 4.90 Å². The summed E-state index contributed by atoms with van der Waals surface area (Å²) in [4.78, 5) is 14.3. The molecule has 0 spiro atoms. The first-order valence-corrected chi connectivity index (χ1v) is 8.13. The summed E-state index contributed by atoms with van der Waals surface area (Å²) in [6, 6.07) is 9.35. The quantitative estimate of drug-likeness (QED) is 0.853. The summed E-state index contributed by atoms with van der Waals surface area (Å²) in [6.45, 7) is 1.08. The number of aliphatic hydroxyl groups excluding tert-OH is 1. The molecule has 0 aliphatic carbocycles. The van der Waals surface area contributed by atoms with Crippen molar-refractivity contribution in [3.8, 4) is 0 Å². The zero-order chi connectivity index (χ0) is 16.9. The average molecular weight is 332 g/mol. The van der Waals surface area contributed by atoms with Crippen LogP contribution in [0, 0.1) is 5.82 Å². The molecule has 2 atom stereocenters. The number of rotatable bonds is 6. The predicted molar refractivity (Wildman–Crippen MR) is 87.9 cm³/mol. The van der Waals surface area contributed by atoms with Crippen LogP contribution in [0.15, 0.2) is 47.1 Å². The molecule has 5 nitrogen and oxygen atoms in total. The lowest BCUT2D eigenvalue weighted by Crippen LogP contribution is -2.37. The van der Waals surface area contributed by atoms with Crippen molar-refractivity contribution < 1.29 is 18.7 Å². The Labute approximate surface area is 140 Å². The van der Waals surface area contributed by atoms with Crippen LogP contribution in [0.1, 0.15) is 31.1 Å². The van der Waals surface area contributed by atoms with Crippen LogP contribution in [0.25, 0.3) is 0 Å². The first-order chi connectivity index (χ1) is 11.6. The molecular weight excluding hydrogens is 311 g/mol. The zero-order valence-electron chi connectivity index (χ0n) is 13.3. The number of anilines is 1. The highest BCUT2D eigenvalue weighted by molar-refractivity contribution is 5.92. The summed E-state index contributed by atoms with van der Waals surface area (Å²) in [5.74, 6) is 0.0816. The summed E-state index contributed by atoms with van der Waals surface area (Å²) in [5.41, 5.74) is 0.577. The molecule has 0 radical (unpaired) electrons. The van der Waals surface area contributed by atoms with E-state index in [2.05, 4.69) is 10.2 Å². The Morgan fingerprint density at radius 2 is 2.17 bits per heavy atom. The topological polar surface area (TPSA) is 65.7 Å². The number of aliphatic hydroxyl groups is 1. The molecule has 3 rings (SSSR count). The molecule has 1 saturated heterocycles. The number of nitrogens with one attached hydrogen (secondary N) is 1. The van der Waals surface area contributed by atoms with Crippen molar-refractivity contribution in [2.45, 2.75) is 31.4 Å². The fraction of sp³-hybridized carbons (Fsp3) is 0.389. The Kier molecular flexibility index (Phi) is 5.27. The van der Waals surface area contributed by atoms with Crippen LogP contribution in [0.4, 0.5) is 10.1 Å². The molecule has 0 saturated carbocycles. The fourth-order valence-electron chi connectivity index (χ4n) is 3.14. The Hall–Kier alpha value is -2.18. The number of halogens is 1. The Morgan fingerprint density at radius 3 is 2.88 bits per heavy atom. The van der Waals surface area contributed by atoms with Crippen molar-refractivity contribution in [3.05, 3.63) is 54.2 Å². The van der Waals surface area contributed by atoms with Gasteiger partial charge in [0, 0.05) is 11.7 Å². The molecule has 128 valence electrons. The highest BCUT2D eigenvalue weighted by Gasteiger charge is 2.29. The fourth-order valence-corrected chi connectivity index (χ4v) is 3.14. The van der Waals surface area contributed by atoms with Gasteiger partial charge in [-0.05, 0) is 62.2 Å². The van der Waals surface area contributed by atoms with E-state index in [9.17, 15) is 14.3 Å². The number of furan rings is 1. The lowest BCUT2D eigenvalue weighted by atomic mass is 10.1. The van der Waals surface area contributed by atoms with Crippen molar-refractivity contribution in [1.29, 1.82) is 0 Å². The van der Waals surface area contributed by atoms with E-state index in [-0.39, 0.29) is 24.3 Å². The van der Waals surface area contributed by atoms with E-state index < -0.39 is 6.10 Å². The normalized spacial score (nSPS) is 19.3. The van der Waals surface area contributed by atoms with Gasteiger partial charge in [-0.3, -0.25) is 9.69 Å². The van der Waals surface area contributed by atoms with Crippen LogP contribution in [0.2, 0.25) is 0 Å². The monoisotopic (exact) mass is 332 g/mol. The number of hydrogen-bond acceptors (Lipinski definition) is 4. The molecule has 24 heavy (non-hydrogen) atoms. The molecule has 1 aromatic heterocycles. The van der Waals surface area contributed by atoms with Gasteiger partial charge in [-0.2, -0.15) is 0 Å². The highest BCUT2D eigenvalue weighted by atomic mass is 19.1. The number of benzene rings is 1. The second-order valence-corrected chi connectivity index (χ2v) is 6.09. The average Bonchev–Trinajstić information content (AvgIpc) is 3.22. The Morgan fingerprint density at radius 1 is 1.38 bits per heavy atom. The van der Waals surface area contributed by atoms with Crippen LogP contribution in [0.3, 0.4) is 0 Å². The number of amides is 1. The maximum Gasteiger partial charge on any atom is 0.238 e. The molecule has 6 heteroatoms. The molecule has 0 bridgehead atoms. The second kappa shape index (κ2) is 7.59. The van der Waals surface area contributed by atoms with E-state index in [1.165, 1.54) is 24.3 Å². The van der Waals surface area contributed by atoms with Crippen LogP contribution >= 0.6 is 0 Å². The first-order valence-electron chi connectivity index (χ1n) is 8.13. The van der Waals surface area contributed by atoms with Gasteiger partial charge >= 0.3 is 0 Å². The van der Waals surface area contributed by atoms with Gasteiger partial charge in [-0.25, -0.2) is 4.39 Å². The van der Waals surface area contributed by atoms with Crippen LogP contribution < -0.4 is 5.32 Å². The summed E-state index contributed by atoms with van der Waals surface area (Å²) in [7, 11) is 0. The van der Waals surface area contributed by atoms with Crippen molar-refractivity contribution in [3.63, 3.8) is 0 Å². The summed E-state index contributed by atoms with van der Waals surface area (Å²) in [6.07, 6.45) is 3.37.